The van der Waals surface area contributed by atoms with Gasteiger partial charge in [-0.3, -0.25) is 4.57 Å². The van der Waals surface area contributed by atoms with Crippen LogP contribution < -0.4 is 20.9 Å². The number of furan rings is 1. The smallest absolute Gasteiger partial charge is 0.234 e. The molecule has 0 unspecified atom stereocenters. The summed E-state index contributed by atoms with van der Waals surface area (Å²) in [6.45, 7) is 0. The molecule has 45 heavy (non-hydrogen) atoms. The van der Waals surface area contributed by atoms with Crippen LogP contribution in [0.5, 0.6) is 0 Å². The molecule has 212 valence electrons. The zero-order chi connectivity index (χ0) is 29.8. The Hall–Kier alpha value is -5.78. The minimum absolute atomic E-state index is 0.658. The van der Waals surface area contributed by atoms with E-state index in [2.05, 4.69) is 156 Å². The van der Waals surface area contributed by atoms with E-state index in [1.165, 1.54) is 26.3 Å². The zero-order valence-corrected chi connectivity index (χ0v) is 25.3. The van der Waals surface area contributed by atoms with Crippen molar-refractivity contribution in [1.29, 1.82) is 0 Å². The molecule has 0 radical (unpaired) electrons. The van der Waals surface area contributed by atoms with Gasteiger partial charge in [-0.05, 0) is 39.8 Å². The maximum atomic E-state index is 6.76. The molecule has 9 aromatic rings. The predicted octanol–water partition coefficient (Wildman–Crippen LogP) is 6.85. The summed E-state index contributed by atoms with van der Waals surface area (Å²) in [7, 11) is -3.06. The van der Waals surface area contributed by atoms with Crippen LogP contribution in [0.25, 0.3) is 49.7 Å². The summed E-state index contributed by atoms with van der Waals surface area (Å²) in [5, 5.41) is 9.23. The summed E-state index contributed by atoms with van der Waals surface area (Å²) in [5.41, 5.74) is 3.97. The van der Waals surface area contributed by atoms with Crippen molar-refractivity contribution in [1.82, 2.24) is 14.5 Å². The average Bonchev–Trinajstić information content (AvgIpc) is 3.66. The molecule has 4 nitrogen and oxygen atoms in total. The number of rotatable bonds is 5. The summed E-state index contributed by atoms with van der Waals surface area (Å²) >= 11 is 0. The molecule has 3 heterocycles. The fourth-order valence-corrected chi connectivity index (χ4v) is 11.8. The van der Waals surface area contributed by atoms with Crippen molar-refractivity contribution in [2.24, 2.45) is 0 Å². The number of aromatic nitrogens is 3. The van der Waals surface area contributed by atoms with E-state index < -0.39 is 8.07 Å². The van der Waals surface area contributed by atoms with E-state index in [-0.39, 0.29) is 0 Å². The molecule has 0 atom stereocenters. The number of para-hydroxylation sites is 4. The summed E-state index contributed by atoms with van der Waals surface area (Å²) in [6, 6.07) is 55.7. The lowest BCUT2D eigenvalue weighted by Gasteiger charge is -2.33. The van der Waals surface area contributed by atoms with Crippen molar-refractivity contribution in [2.75, 3.05) is 0 Å². The van der Waals surface area contributed by atoms with Gasteiger partial charge in [0.2, 0.25) is 14.0 Å². The van der Waals surface area contributed by atoms with E-state index in [9.17, 15) is 0 Å². The highest BCUT2D eigenvalue weighted by molar-refractivity contribution is 7.20. The molecular formula is C40H27N3OSi. The van der Waals surface area contributed by atoms with Crippen LogP contribution in [0.2, 0.25) is 0 Å². The maximum absolute atomic E-state index is 6.76. The SMILES string of the molecule is c1ccc([Si](c2ccccc2)(c2ccnc(-n3c4ccccc4c4ccccc43)n2)c2cccc3c2oc2ccccc23)cc1. The lowest BCUT2D eigenvalue weighted by molar-refractivity contribution is 0.671. The second-order valence-corrected chi connectivity index (χ2v) is 15.1. The Morgan fingerprint density at radius 3 is 1.71 bits per heavy atom. The summed E-state index contributed by atoms with van der Waals surface area (Å²) in [6.07, 6.45) is 1.92. The predicted molar refractivity (Wildman–Crippen MR) is 187 cm³/mol. The summed E-state index contributed by atoms with van der Waals surface area (Å²) < 4.78 is 8.96. The third-order valence-electron chi connectivity index (χ3n) is 9.03. The van der Waals surface area contributed by atoms with Gasteiger partial charge in [0, 0.05) is 33.1 Å². The van der Waals surface area contributed by atoms with E-state index in [4.69, 9.17) is 14.4 Å². The summed E-state index contributed by atoms with van der Waals surface area (Å²) in [4.78, 5) is 10.5. The first-order valence-corrected chi connectivity index (χ1v) is 17.2. The highest BCUT2D eigenvalue weighted by Crippen LogP contribution is 2.31. The molecule has 0 bridgehead atoms. The van der Waals surface area contributed by atoms with Crippen LogP contribution in [0, 0.1) is 0 Å². The Labute approximate surface area is 260 Å². The number of nitrogens with zero attached hydrogens (tertiary/aromatic N) is 3. The van der Waals surface area contributed by atoms with Crippen molar-refractivity contribution in [3.8, 4) is 5.95 Å². The first-order valence-electron chi connectivity index (χ1n) is 15.2. The van der Waals surface area contributed by atoms with Gasteiger partial charge in [-0.1, -0.05) is 133 Å². The van der Waals surface area contributed by atoms with Gasteiger partial charge in [0.25, 0.3) is 0 Å². The third kappa shape index (κ3) is 3.78. The van der Waals surface area contributed by atoms with Gasteiger partial charge in [0.15, 0.2) is 0 Å². The van der Waals surface area contributed by atoms with Crippen LogP contribution in [0.4, 0.5) is 0 Å². The van der Waals surface area contributed by atoms with E-state index in [1.807, 2.05) is 12.3 Å². The highest BCUT2D eigenvalue weighted by atomic mass is 28.3. The fourth-order valence-electron chi connectivity index (χ4n) is 7.13. The Kier molecular flexibility index (Phi) is 5.79. The number of fused-ring (bicyclic) bond motifs is 6. The molecule has 0 aliphatic rings. The topological polar surface area (TPSA) is 43.9 Å². The molecule has 0 amide bonds. The molecule has 0 aliphatic carbocycles. The molecule has 0 saturated carbocycles. The van der Waals surface area contributed by atoms with Crippen LogP contribution in [-0.2, 0) is 0 Å². The van der Waals surface area contributed by atoms with Crippen molar-refractivity contribution < 1.29 is 4.42 Å². The Bertz CT molecular complexity index is 2410. The van der Waals surface area contributed by atoms with E-state index in [1.54, 1.807) is 0 Å². The van der Waals surface area contributed by atoms with Crippen LogP contribution in [0.1, 0.15) is 0 Å². The molecular weight excluding hydrogens is 567 g/mol. The van der Waals surface area contributed by atoms with Gasteiger partial charge in [0.1, 0.15) is 11.2 Å². The normalized spacial score (nSPS) is 12.0. The second kappa shape index (κ2) is 10.1. The third-order valence-corrected chi connectivity index (χ3v) is 13.7. The molecule has 0 aliphatic heterocycles. The molecule has 9 rings (SSSR count). The summed E-state index contributed by atoms with van der Waals surface area (Å²) in [5.74, 6) is 0.658. The molecule has 0 fully saturated rings. The van der Waals surface area contributed by atoms with Gasteiger partial charge < -0.3 is 4.42 Å². The van der Waals surface area contributed by atoms with Gasteiger partial charge in [-0.25, -0.2) is 9.97 Å². The van der Waals surface area contributed by atoms with Crippen LogP contribution in [0.3, 0.4) is 0 Å². The lowest BCUT2D eigenvalue weighted by atomic mass is 10.1. The second-order valence-electron chi connectivity index (χ2n) is 11.4. The fraction of sp³-hybridized carbons (Fsp3) is 0. The Morgan fingerprint density at radius 1 is 0.489 bits per heavy atom. The van der Waals surface area contributed by atoms with Crippen LogP contribution >= 0.6 is 0 Å². The number of benzene rings is 6. The van der Waals surface area contributed by atoms with Crippen LogP contribution in [-0.4, -0.2) is 22.6 Å². The van der Waals surface area contributed by atoms with Gasteiger partial charge in [0.05, 0.1) is 11.0 Å². The molecule has 3 aromatic heterocycles. The van der Waals surface area contributed by atoms with Crippen molar-refractivity contribution in [2.45, 2.75) is 0 Å². The molecule has 5 heteroatoms. The number of hydrogen-bond acceptors (Lipinski definition) is 3. The van der Waals surface area contributed by atoms with E-state index in [0.717, 1.165) is 38.3 Å². The van der Waals surface area contributed by atoms with Gasteiger partial charge >= 0.3 is 0 Å². The van der Waals surface area contributed by atoms with Crippen molar-refractivity contribution in [3.05, 3.63) is 164 Å². The quantitative estimate of drug-likeness (QED) is 0.162. The first-order chi connectivity index (χ1) is 22.3. The van der Waals surface area contributed by atoms with Crippen molar-refractivity contribution in [3.63, 3.8) is 0 Å². The van der Waals surface area contributed by atoms with E-state index in [0.29, 0.717) is 5.95 Å². The molecule has 6 aromatic carbocycles. The Morgan fingerprint density at radius 2 is 1.04 bits per heavy atom. The molecule has 0 spiro atoms. The highest BCUT2D eigenvalue weighted by Gasteiger charge is 2.45. The minimum atomic E-state index is -3.06. The minimum Gasteiger partial charge on any atom is -0.456 e. The Balaban J connectivity index is 1.42. The van der Waals surface area contributed by atoms with Crippen LogP contribution in [0.15, 0.2) is 168 Å². The first kappa shape index (κ1) is 25.7. The molecule has 0 saturated heterocycles. The zero-order valence-electron chi connectivity index (χ0n) is 24.3. The standard InChI is InChI=1S/C40H27N3OSi/c1-3-14-28(15-4-1)45(29-16-5-2-6-17-29,37-25-13-21-33-32-20-9-12-24-36(32)44-39(33)37)38-26-27-41-40(42-38)43-34-22-10-7-18-30(34)31-19-8-11-23-35(31)43/h1-27H. The van der Waals surface area contributed by atoms with Gasteiger partial charge in [-0.15, -0.1) is 0 Å². The monoisotopic (exact) mass is 593 g/mol. The average molecular weight is 594 g/mol. The van der Waals surface area contributed by atoms with Crippen molar-refractivity contribution >= 4 is 72.7 Å². The maximum Gasteiger partial charge on any atom is 0.234 e. The lowest BCUT2D eigenvalue weighted by Crippen LogP contribution is -2.75. The molecule has 0 N–H and O–H groups in total. The largest absolute Gasteiger partial charge is 0.456 e. The van der Waals surface area contributed by atoms with E-state index >= 15 is 0 Å². The number of hydrogen-bond donors (Lipinski definition) is 0. The van der Waals surface area contributed by atoms with Gasteiger partial charge in [-0.2, -0.15) is 0 Å².